The van der Waals surface area contributed by atoms with E-state index >= 15 is 0 Å². The van der Waals surface area contributed by atoms with Crippen molar-refractivity contribution in [3.63, 3.8) is 0 Å². The van der Waals surface area contributed by atoms with Crippen molar-refractivity contribution in [2.24, 2.45) is 5.92 Å². The van der Waals surface area contributed by atoms with E-state index in [4.69, 9.17) is 4.74 Å². The second kappa shape index (κ2) is 9.74. The second-order valence-corrected chi connectivity index (χ2v) is 7.83. The first-order valence-electron chi connectivity index (χ1n) is 10.0. The lowest BCUT2D eigenvalue weighted by Gasteiger charge is -2.23. The fraction of sp³-hybridized carbons (Fsp3) is 0.364. The number of imidazole rings is 1. The number of aliphatic hydroxyl groups excluding tert-OH is 1. The van der Waals surface area contributed by atoms with Crippen LogP contribution in [0.3, 0.4) is 0 Å². The van der Waals surface area contributed by atoms with Gasteiger partial charge in [0.1, 0.15) is 24.5 Å². The van der Waals surface area contributed by atoms with Crippen molar-refractivity contribution in [1.29, 1.82) is 0 Å². The molecule has 0 aliphatic rings. The Morgan fingerprint density at radius 2 is 1.79 bits per heavy atom. The van der Waals surface area contributed by atoms with Crippen molar-refractivity contribution in [3.8, 4) is 5.75 Å². The van der Waals surface area contributed by atoms with Gasteiger partial charge in [-0.05, 0) is 30.2 Å². The molecule has 2 N–H and O–H groups in total. The molecule has 6 nitrogen and oxygen atoms in total. The van der Waals surface area contributed by atoms with E-state index in [-0.39, 0.29) is 35.9 Å². The molecule has 0 aliphatic carbocycles. The molecule has 33 heavy (non-hydrogen) atoms. The Morgan fingerprint density at radius 3 is 2.39 bits per heavy atom. The maximum atomic E-state index is 13.7. The van der Waals surface area contributed by atoms with Gasteiger partial charge in [0.05, 0.1) is 22.9 Å². The van der Waals surface area contributed by atoms with Crippen LogP contribution in [0, 0.1) is 17.6 Å². The Kier molecular flexibility index (Phi) is 7.21. The van der Waals surface area contributed by atoms with Gasteiger partial charge in [-0.15, -0.1) is 0 Å². The van der Waals surface area contributed by atoms with Gasteiger partial charge >= 0.3 is 6.18 Å². The third-order valence-corrected chi connectivity index (χ3v) is 4.95. The Bertz CT molecular complexity index is 1110. The highest BCUT2D eigenvalue weighted by molar-refractivity contribution is 5.84. The number of aliphatic hydroxyl groups is 1. The molecule has 0 saturated heterocycles. The lowest BCUT2D eigenvalue weighted by Crippen LogP contribution is -2.40. The first kappa shape index (κ1) is 24.4. The number of benzene rings is 2. The van der Waals surface area contributed by atoms with E-state index in [2.05, 4.69) is 10.3 Å². The van der Waals surface area contributed by atoms with Gasteiger partial charge in [-0.2, -0.15) is 13.2 Å². The monoisotopic (exact) mass is 471 g/mol. The summed E-state index contributed by atoms with van der Waals surface area (Å²) in [6, 6.07) is 5.08. The number of amides is 1. The summed E-state index contributed by atoms with van der Waals surface area (Å²) in [7, 11) is 0. The van der Waals surface area contributed by atoms with E-state index in [0.29, 0.717) is 0 Å². The fourth-order valence-corrected chi connectivity index (χ4v) is 3.31. The van der Waals surface area contributed by atoms with E-state index in [9.17, 15) is 31.9 Å². The van der Waals surface area contributed by atoms with Gasteiger partial charge in [0.15, 0.2) is 11.6 Å². The molecule has 3 rings (SSSR count). The number of ether oxygens (including phenoxy) is 1. The summed E-state index contributed by atoms with van der Waals surface area (Å²) in [4.78, 5) is 16.8. The molecular formula is C22H22F5N3O3. The molecular weight excluding hydrogens is 449 g/mol. The SMILES string of the molecule is CC(C)C(C(=O)NCC(O)COc1ccc(C(F)(F)F)cc1)n1cnc2cc(F)c(F)cc21. The largest absolute Gasteiger partial charge is 0.491 e. The van der Waals surface area contributed by atoms with E-state index in [0.717, 1.165) is 36.4 Å². The molecule has 0 bridgehead atoms. The average molecular weight is 471 g/mol. The van der Waals surface area contributed by atoms with Crippen molar-refractivity contribution < 1.29 is 36.6 Å². The summed E-state index contributed by atoms with van der Waals surface area (Å²) in [6.07, 6.45) is -4.29. The molecule has 3 aromatic rings. The van der Waals surface area contributed by atoms with Crippen LogP contribution in [-0.4, -0.2) is 39.8 Å². The lowest BCUT2D eigenvalue weighted by molar-refractivity contribution is -0.137. The van der Waals surface area contributed by atoms with Gasteiger partial charge in [-0.3, -0.25) is 4.79 Å². The summed E-state index contributed by atoms with van der Waals surface area (Å²) in [5, 5.41) is 12.7. The zero-order chi connectivity index (χ0) is 24.3. The van der Waals surface area contributed by atoms with Crippen molar-refractivity contribution in [2.75, 3.05) is 13.2 Å². The van der Waals surface area contributed by atoms with Crippen molar-refractivity contribution in [2.45, 2.75) is 32.2 Å². The second-order valence-electron chi connectivity index (χ2n) is 7.83. The van der Waals surface area contributed by atoms with Crippen LogP contribution in [0.2, 0.25) is 0 Å². The van der Waals surface area contributed by atoms with Crippen LogP contribution in [0.1, 0.15) is 25.5 Å². The molecule has 2 aromatic carbocycles. The molecule has 178 valence electrons. The molecule has 11 heteroatoms. The van der Waals surface area contributed by atoms with Gasteiger partial charge in [-0.25, -0.2) is 13.8 Å². The number of aromatic nitrogens is 2. The molecule has 0 aliphatic heterocycles. The minimum atomic E-state index is -4.46. The number of carbonyl (C=O) groups excluding carboxylic acids is 1. The quantitative estimate of drug-likeness (QED) is 0.486. The van der Waals surface area contributed by atoms with E-state index in [1.54, 1.807) is 13.8 Å². The summed E-state index contributed by atoms with van der Waals surface area (Å²) < 4.78 is 71.7. The molecule has 0 saturated carbocycles. The van der Waals surface area contributed by atoms with Gasteiger partial charge in [0.25, 0.3) is 0 Å². The van der Waals surface area contributed by atoms with Gasteiger partial charge in [0.2, 0.25) is 5.91 Å². The highest BCUT2D eigenvalue weighted by Gasteiger charge is 2.30. The van der Waals surface area contributed by atoms with Crippen molar-refractivity contribution >= 4 is 16.9 Å². The molecule has 0 spiro atoms. The van der Waals surface area contributed by atoms with E-state index in [1.807, 2.05) is 0 Å². The third kappa shape index (κ3) is 5.78. The van der Waals surface area contributed by atoms with Crippen LogP contribution in [0.4, 0.5) is 22.0 Å². The zero-order valence-corrected chi connectivity index (χ0v) is 17.7. The van der Waals surface area contributed by atoms with Crippen LogP contribution in [0.25, 0.3) is 11.0 Å². The average Bonchev–Trinajstić information content (AvgIpc) is 3.12. The summed E-state index contributed by atoms with van der Waals surface area (Å²) >= 11 is 0. The number of hydrogen-bond donors (Lipinski definition) is 2. The first-order chi connectivity index (χ1) is 15.5. The number of rotatable bonds is 8. The number of hydrogen-bond acceptors (Lipinski definition) is 4. The zero-order valence-electron chi connectivity index (χ0n) is 17.7. The van der Waals surface area contributed by atoms with Gasteiger partial charge in [0, 0.05) is 18.7 Å². The van der Waals surface area contributed by atoms with Crippen LogP contribution in [-0.2, 0) is 11.0 Å². The number of alkyl halides is 3. The normalized spacial score (nSPS) is 13.8. The standard InChI is InChI=1S/C22H22F5N3O3/c1-12(2)20(30-11-29-18-7-16(23)17(24)8-19(18)30)21(32)28-9-14(31)10-33-15-5-3-13(4-6-15)22(25,26)27/h3-8,11-12,14,20,31H,9-10H2,1-2H3,(H,28,32). The van der Waals surface area contributed by atoms with Crippen LogP contribution in [0.5, 0.6) is 5.75 Å². The molecule has 0 fully saturated rings. The molecule has 1 heterocycles. The van der Waals surface area contributed by atoms with Gasteiger partial charge < -0.3 is 19.7 Å². The number of nitrogens with one attached hydrogen (secondary N) is 1. The Labute approximate surface area is 186 Å². The van der Waals surface area contributed by atoms with Crippen LogP contribution < -0.4 is 10.1 Å². The number of fused-ring (bicyclic) bond motifs is 1. The summed E-state index contributed by atoms with van der Waals surface area (Å²) in [5.74, 6) is -2.72. The fourth-order valence-electron chi connectivity index (χ4n) is 3.31. The maximum absolute atomic E-state index is 13.7. The van der Waals surface area contributed by atoms with Gasteiger partial charge in [-0.1, -0.05) is 13.8 Å². The lowest BCUT2D eigenvalue weighted by atomic mass is 10.0. The molecule has 1 amide bonds. The molecule has 1 aromatic heterocycles. The number of nitrogens with zero attached hydrogens (tertiary/aromatic N) is 2. The molecule has 0 radical (unpaired) electrons. The topological polar surface area (TPSA) is 76.4 Å². The minimum absolute atomic E-state index is 0.132. The Hall–Kier alpha value is -3.21. The highest BCUT2D eigenvalue weighted by Crippen LogP contribution is 2.30. The summed E-state index contributed by atoms with van der Waals surface area (Å²) in [5.41, 5.74) is -0.386. The van der Waals surface area contributed by atoms with E-state index < -0.39 is 41.4 Å². The molecule has 2 atom stereocenters. The predicted octanol–water partition coefficient (Wildman–Crippen LogP) is 4.09. The Morgan fingerprint density at radius 1 is 1.15 bits per heavy atom. The van der Waals surface area contributed by atoms with E-state index in [1.165, 1.54) is 10.9 Å². The van der Waals surface area contributed by atoms with Crippen molar-refractivity contribution in [3.05, 3.63) is 59.9 Å². The third-order valence-electron chi connectivity index (χ3n) is 4.95. The number of halogens is 5. The maximum Gasteiger partial charge on any atom is 0.416 e. The number of carbonyl (C=O) groups is 1. The minimum Gasteiger partial charge on any atom is -0.491 e. The van der Waals surface area contributed by atoms with Crippen molar-refractivity contribution in [1.82, 2.24) is 14.9 Å². The Balaban J connectivity index is 1.60. The van der Waals surface area contributed by atoms with Crippen LogP contribution >= 0.6 is 0 Å². The van der Waals surface area contributed by atoms with Crippen LogP contribution in [0.15, 0.2) is 42.7 Å². The smallest absolute Gasteiger partial charge is 0.416 e. The first-order valence-corrected chi connectivity index (χ1v) is 10.0. The summed E-state index contributed by atoms with van der Waals surface area (Å²) in [6.45, 7) is 3.06. The molecule has 2 unspecified atom stereocenters. The highest BCUT2D eigenvalue weighted by atomic mass is 19.4. The predicted molar refractivity (Wildman–Crippen MR) is 109 cm³/mol.